The Morgan fingerprint density at radius 2 is 1.83 bits per heavy atom. The highest BCUT2D eigenvalue weighted by atomic mass is 19.1. The predicted octanol–water partition coefficient (Wildman–Crippen LogP) is 2.99. The summed E-state index contributed by atoms with van der Waals surface area (Å²) in [5.74, 6) is -1.27. The van der Waals surface area contributed by atoms with Crippen LogP contribution in [0.1, 0.15) is 37.7 Å². The monoisotopic (exact) mass is 255 g/mol. The highest BCUT2D eigenvalue weighted by Gasteiger charge is 2.08. The van der Waals surface area contributed by atoms with Gasteiger partial charge in [-0.15, -0.1) is 0 Å². The first-order valence-corrected chi connectivity index (χ1v) is 6.29. The van der Waals surface area contributed by atoms with Crippen LogP contribution in [0.4, 0.5) is 8.78 Å². The highest BCUT2D eigenvalue weighted by molar-refractivity contribution is 5.80. The van der Waals surface area contributed by atoms with Gasteiger partial charge in [-0.3, -0.25) is 4.79 Å². The van der Waals surface area contributed by atoms with Gasteiger partial charge in [-0.2, -0.15) is 0 Å². The van der Waals surface area contributed by atoms with Crippen LogP contribution in [-0.2, 0) is 11.2 Å². The molecular formula is C14H19F2NO. The molecule has 1 aromatic carbocycles. The Morgan fingerprint density at radius 3 is 2.50 bits per heavy atom. The number of Topliss-reactive ketones (excluding diaryl/α,β-unsaturated/α-hetero) is 1. The van der Waals surface area contributed by atoms with Gasteiger partial charge in [0.2, 0.25) is 0 Å². The molecule has 0 spiro atoms. The van der Waals surface area contributed by atoms with Crippen LogP contribution in [-0.4, -0.2) is 12.3 Å². The SMILES string of the molecule is NCCCCCCC(=O)Cc1ccc(F)cc1F. The zero-order chi connectivity index (χ0) is 13.4. The smallest absolute Gasteiger partial charge is 0.137 e. The zero-order valence-electron chi connectivity index (χ0n) is 10.4. The molecule has 0 bridgehead atoms. The second-order valence-corrected chi connectivity index (χ2v) is 4.40. The summed E-state index contributed by atoms with van der Waals surface area (Å²) < 4.78 is 26.0. The molecule has 1 aromatic rings. The Hall–Kier alpha value is -1.29. The lowest BCUT2D eigenvalue weighted by atomic mass is 10.0. The van der Waals surface area contributed by atoms with Gasteiger partial charge in [0.15, 0.2) is 0 Å². The number of benzene rings is 1. The van der Waals surface area contributed by atoms with Crippen LogP contribution in [0.2, 0.25) is 0 Å². The van der Waals surface area contributed by atoms with Crippen LogP contribution in [0.15, 0.2) is 18.2 Å². The first kappa shape index (κ1) is 14.8. The molecule has 0 fully saturated rings. The zero-order valence-corrected chi connectivity index (χ0v) is 10.4. The van der Waals surface area contributed by atoms with E-state index in [4.69, 9.17) is 5.73 Å². The summed E-state index contributed by atoms with van der Waals surface area (Å²) in [6.07, 6.45) is 4.26. The van der Waals surface area contributed by atoms with Crippen LogP contribution in [0.5, 0.6) is 0 Å². The van der Waals surface area contributed by atoms with E-state index in [1.807, 2.05) is 0 Å². The molecule has 2 N–H and O–H groups in total. The fraction of sp³-hybridized carbons (Fsp3) is 0.500. The molecule has 0 radical (unpaired) electrons. The first-order chi connectivity index (χ1) is 8.63. The van der Waals surface area contributed by atoms with Crippen LogP contribution in [0.3, 0.4) is 0 Å². The largest absolute Gasteiger partial charge is 0.330 e. The van der Waals surface area contributed by atoms with Gasteiger partial charge < -0.3 is 5.73 Å². The van der Waals surface area contributed by atoms with Crippen LogP contribution in [0, 0.1) is 11.6 Å². The average molecular weight is 255 g/mol. The molecule has 1 rings (SSSR count). The summed E-state index contributed by atoms with van der Waals surface area (Å²) in [7, 11) is 0. The van der Waals surface area contributed by atoms with Gasteiger partial charge >= 0.3 is 0 Å². The maximum atomic E-state index is 13.3. The molecule has 100 valence electrons. The fourth-order valence-electron chi connectivity index (χ4n) is 1.79. The van der Waals surface area contributed by atoms with E-state index in [-0.39, 0.29) is 17.8 Å². The molecule has 0 amide bonds. The topological polar surface area (TPSA) is 43.1 Å². The second-order valence-electron chi connectivity index (χ2n) is 4.40. The Bertz CT molecular complexity index is 393. The van der Waals surface area contributed by atoms with Gasteiger partial charge in [-0.05, 0) is 31.0 Å². The number of unbranched alkanes of at least 4 members (excludes halogenated alkanes) is 3. The minimum Gasteiger partial charge on any atom is -0.330 e. The molecule has 4 heteroatoms. The number of carbonyl (C=O) groups is 1. The average Bonchev–Trinajstić information content (AvgIpc) is 2.32. The van der Waals surface area contributed by atoms with Gasteiger partial charge in [0.25, 0.3) is 0 Å². The number of carbonyl (C=O) groups excluding carboxylic acids is 1. The minimum atomic E-state index is -0.647. The van der Waals surface area contributed by atoms with E-state index in [2.05, 4.69) is 0 Å². The molecular weight excluding hydrogens is 236 g/mol. The maximum absolute atomic E-state index is 13.3. The lowest BCUT2D eigenvalue weighted by Gasteiger charge is -2.03. The number of nitrogens with two attached hydrogens (primary N) is 1. The first-order valence-electron chi connectivity index (χ1n) is 6.29. The molecule has 0 aliphatic carbocycles. The van der Waals surface area contributed by atoms with Crippen molar-refractivity contribution < 1.29 is 13.6 Å². The van der Waals surface area contributed by atoms with E-state index >= 15 is 0 Å². The highest BCUT2D eigenvalue weighted by Crippen LogP contribution is 2.12. The van der Waals surface area contributed by atoms with Gasteiger partial charge in [-0.25, -0.2) is 8.78 Å². The molecule has 0 saturated carbocycles. The van der Waals surface area contributed by atoms with Crippen molar-refractivity contribution in [1.82, 2.24) is 0 Å². The molecule has 0 atom stereocenters. The van der Waals surface area contributed by atoms with Gasteiger partial charge in [0.1, 0.15) is 17.4 Å². The third-order valence-electron chi connectivity index (χ3n) is 2.81. The number of rotatable bonds is 8. The maximum Gasteiger partial charge on any atom is 0.137 e. The third kappa shape index (κ3) is 5.36. The van der Waals surface area contributed by atoms with Crippen LogP contribution >= 0.6 is 0 Å². The van der Waals surface area contributed by atoms with E-state index < -0.39 is 11.6 Å². The summed E-state index contributed by atoms with van der Waals surface area (Å²) in [4.78, 5) is 11.6. The van der Waals surface area contributed by atoms with Crippen LogP contribution in [0.25, 0.3) is 0 Å². The molecule has 0 aromatic heterocycles. The van der Waals surface area contributed by atoms with Crippen molar-refractivity contribution in [3.63, 3.8) is 0 Å². The standard InChI is InChI=1S/C14H19F2NO/c15-12-7-6-11(14(16)10-12)9-13(18)5-3-1-2-4-8-17/h6-7,10H,1-5,8-9,17H2. The summed E-state index contributed by atoms with van der Waals surface area (Å²) in [6.45, 7) is 0.675. The van der Waals surface area contributed by atoms with Crippen molar-refractivity contribution in [3.05, 3.63) is 35.4 Å². The lowest BCUT2D eigenvalue weighted by molar-refractivity contribution is -0.118. The molecule has 0 aliphatic rings. The molecule has 0 heterocycles. The van der Waals surface area contributed by atoms with E-state index in [0.29, 0.717) is 13.0 Å². The predicted molar refractivity (Wildman–Crippen MR) is 67.2 cm³/mol. The van der Waals surface area contributed by atoms with Gasteiger partial charge in [-0.1, -0.05) is 18.9 Å². The third-order valence-corrected chi connectivity index (χ3v) is 2.81. The molecule has 0 saturated heterocycles. The summed E-state index contributed by atoms with van der Waals surface area (Å²) >= 11 is 0. The number of halogens is 2. The fourth-order valence-corrected chi connectivity index (χ4v) is 1.79. The number of ketones is 1. The summed E-state index contributed by atoms with van der Waals surface area (Å²) in [5.41, 5.74) is 5.63. The Labute approximate surface area is 106 Å². The minimum absolute atomic E-state index is 0.00624. The van der Waals surface area contributed by atoms with Crippen molar-refractivity contribution >= 4 is 5.78 Å². The second kappa shape index (κ2) is 7.93. The van der Waals surface area contributed by atoms with Gasteiger partial charge in [0.05, 0.1) is 0 Å². The quantitative estimate of drug-likeness (QED) is 0.726. The van der Waals surface area contributed by atoms with Crippen molar-refractivity contribution in [2.75, 3.05) is 6.54 Å². The number of hydrogen-bond acceptors (Lipinski definition) is 2. The Kier molecular flexibility index (Phi) is 6.50. The van der Waals surface area contributed by atoms with E-state index in [1.165, 1.54) is 12.1 Å². The van der Waals surface area contributed by atoms with Crippen molar-refractivity contribution in [3.8, 4) is 0 Å². The molecule has 18 heavy (non-hydrogen) atoms. The van der Waals surface area contributed by atoms with Crippen molar-refractivity contribution in [2.45, 2.75) is 38.5 Å². The Balaban J connectivity index is 2.31. The van der Waals surface area contributed by atoms with E-state index in [9.17, 15) is 13.6 Å². The van der Waals surface area contributed by atoms with Gasteiger partial charge in [0, 0.05) is 18.9 Å². The molecule has 2 nitrogen and oxygen atoms in total. The molecule has 0 unspecified atom stereocenters. The van der Waals surface area contributed by atoms with E-state index in [1.54, 1.807) is 0 Å². The summed E-state index contributed by atoms with van der Waals surface area (Å²) in [6, 6.07) is 3.31. The number of hydrogen-bond donors (Lipinski definition) is 1. The summed E-state index contributed by atoms with van der Waals surface area (Å²) in [5, 5.41) is 0. The lowest BCUT2D eigenvalue weighted by Crippen LogP contribution is -2.05. The Morgan fingerprint density at radius 1 is 1.11 bits per heavy atom. The normalized spacial score (nSPS) is 10.6. The van der Waals surface area contributed by atoms with Crippen LogP contribution < -0.4 is 5.73 Å². The van der Waals surface area contributed by atoms with Crippen molar-refractivity contribution in [1.29, 1.82) is 0 Å². The van der Waals surface area contributed by atoms with E-state index in [0.717, 1.165) is 31.7 Å². The van der Waals surface area contributed by atoms with Crippen molar-refractivity contribution in [2.24, 2.45) is 5.73 Å². The molecule has 0 aliphatic heterocycles.